The van der Waals surface area contributed by atoms with Crippen molar-refractivity contribution in [3.63, 3.8) is 0 Å². The summed E-state index contributed by atoms with van der Waals surface area (Å²) in [5.41, 5.74) is -0.0934. The summed E-state index contributed by atoms with van der Waals surface area (Å²) in [7, 11) is 0. The standard InChI is InChI=1S/C15H12F3IN2O2/c1-9-2-4-11(6-12(9)19)20-13(22)8-21-7-10(15(16,17)18)3-5-14(21)23/h2-7H,8H2,1H3,(H,20,22). The van der Waals surface area contributed by atoms with Crippen molar-refractivity contribution >= 4 is 34.2 Å². The van der Waals surface area contributed by atoms with E-state index in [9.17, 15) is 22.8 Å². The van der Waals surface area contributed by atoms with Crippen molar-refractivity contribution < 1.29 is 18.0 Å². The third kappa shape index (κ3) is 4.57. The molecule has 0 spiro atoms. The van der Waals surface area contributed by atoms with Crippen LogP contribution in [0.5, 0.6) is 0 Å². The van der Waals surface area contributed by atoms with E-state index < -0.39 is 29.8 Å². The highest BCUT2D eigenvalue weighted by atomic mass is 127. The summed E-state index contributed by atoms with van der Waals surface area (Å²) in [5, 5.41) is 2.56. The zero-order chi connectivity index (χ0) is 17.2. The van der Waals surface area contributed by atoms with E-state index in [0.717, 1.165) is 19.8 Å². The lowest BCUT2D eigenvalue weighted by Gasteiger charge is -2.11. The van der Waals surface area contributed by atoms with Crippen LogP contribution >= 0.6 is 22.6 Å². The Morgan fingerprint density at radius 2 is 1.96 bits per heavy atom. The van der Waals surface area contributed by atoms with E-state index in [4.69, 9.17) is 0 Å². The molecule has 0 fully saturated rings. The monoisotopic (exact) mass is 436 g/mol. The molecule has 23 heavy (non-hydrogen) atoms. The highest BCUT2D eigenvalue weighted by molar-refractivity contribution is 14.1. The summed E-state index contributed by atoms with van der Waals surface area (Å²) >= 11 is 2.11. The molecular formula is C15H12F3IN2O2. The Hall–Kier alpha value is -1.84. The van der Waals surface area contributed by atoms with Crippen molar-refractivity contribution in [2.24, 2.45) is 0 Å². The molecule has 2 rings (SSSR count). The summed E-state index contributed by atoms with van der Waals surface area (Å²) in [5.74, 6) is -0.578. The number of anilines is 1. The van der Waals surface area contributed by atoms with Crippen molar-refractivity contribution in [3.8, 4) is 0 Å². The van der Waals surface area contributed by atoms with Crippen molar-refractivity contribution in [3.05, 3.63) is 61.6 Å². The molecule has 1 aromatic heterocycles. The molecule has 4 nitrogen and oxygen atoms in total. The van der Waals surface area contributed by atoms with Crippen molar-refractivity contribution in [1.82, 2.24) is 4.57 Å². The van der Waals surface area contributed by atoms with Gasteiger partial charge in [0.25, 0.3) is 5.56 Å². The second-order valence-electron chi connectivity index (χ2n) is 4.89. The lowest BCUT2D eigenvalue weighted by atomic mass is 10.2. The number of rotatable bonds is 3. The van der Waals surface area contributed by atoms with Gasteiger partial charge < -0.3 is 9.88 Å². The molecule has 0 saturated carbocycles. The van der Waals surface area contributed by atoms with Crippen molar-refractivity contribution in [2.45, 2.75) is 19.6 Å². The number of benzene rings is 1. The Morgan fingerprint density at radius 1 is 1.26 bits per heavy atom. The quantitative estimate of drug-likeness (QED) is 0.751. The maximum atomic E-state index is 12.6. The fraction of sp³-hybridized carbons (Fsp3) is 0.200. The van der Waals surface area contributed by atoms with Crippen LogP contribution in [0, 0.1) is 10.5 Å². The Balaban J connectivity index is 2.17. The molecule has 0 bridgehead atoms. The molecule has 0 atom stereocenters. The predicted molar refractivity (Wildman–Crippen MR) is 88.2 cm³/mol. The normalized spacial score (nSPS) is 11.3. The molecule has 0 saturated heterocycles. The molecule has 0 unspecified atom stereocenters. The second-order valence-corrected chi connectivity index (χ2v) is 6.06. The average Bonchev–Trinajstić information content (AvgIpc) is 2.44. The highest BCUT2D eigenvalue weighted by Crippen LogP contribution is 2.28. The largest absolute Gasteiger partial charge is 0.417 e. The zero-order valence-corrected chi connectivity index (χ0v) is 14.1. The van der Waals surface area contributed by atoms with Crippen LogP contribution in [0.2, 0.25) is 0 Å². The van der Waals surface area contributed by atoms with E-state index in [0.29, 0.717) is 18.0 Å². The molecule has 0 aliphatic carbocycles. The number of halogens is 4. The Morgan fingerprint density at radius 3 is 2.57 bits per heavy atom. The van der Waals surface area contributed by atoms with Crippen LogP contribution in [-0.4, -0.2) is 10.5 Å². The van der Waals surface area contributed by atoms with E-state index in [1.54, 1.807) is 12.1 Å². The van der Waals surface area contributed by atoms with Gasteiger partial charge in [0.05, 0.1) is 5.56 Å². The van der Waals surface area contributed by atoms with E-state index >= 15 is 0 Å². The summed E-state index contributed by atoms with van der Waals surface area (Å²) < 4.78 is 39.6. The number of carbonyl (C=O) groups is 1. The third-order valence-corrected chi connectivity index (χ3v) is 4.24. The van der Waals surface area contributed by atoms with Gasteiger partial charge in [0.1, 0.15) is 6.54 Å². The van der Waals surface area contributed by atoms with Crippen LogP contribution in [0.4, 0.5) is 18.9 Å². The second kappa shape index (κ2) is 6.73. The summed E-state index contributed by atoms with van der Waals surface area (Å²) in [6.45, 7) is 1.42. The summed E-state index contributed by atoms with van der Waals surface area (Å²) in [6.07, 6.45) is -3.93. The third-order valence-electron chi connectivity index (χ3n) is 3.08. The molecule has 122 valence electrons. The van der Waals surface area contributed by atoms with Gasteiger partial charge in [-0.3, -0.25) is 9.59 Å². The molecule has 8 heteroatoms. The molecule has 1 amide bonds. The number of nitrogens with one attached hydrogen (secondary N) is 1. The first kappa shape index (κ1) is 17.5. The van der Waals surface area contributed by atoms with Gasteiger partial charge in [-0.25, -0.2) is 0 Å². The number of alkyl halides is 3. The number of amides is 1. The van der Waals surface area contributed by atoms with E-state index in [2.05, 4.69) is 27.9 Å². The first-order valence-corrected chi connectivity index (χ1v) is 7.58. The summed E-state index contributed by atoms with van der Waals surface area (Å²) in [4.78, 5) is 23.5. The van der Waals surface area contributed by atoms with E-state index in [1.165, 1.54) is 0 Å². The van der Waals surface area contributed by atoms with Crippen LogP contribution in [0.15, 0.2) is 41.3 Å². The average molecular weight is 436 g/mol. The van der Waals surface area contributed by atoms with Crippen LogP contribution in [-0.2, 0) is 17.5 Å². The molecule has 0 aliphatic heterocycles. The number of hydrogen-bond acceptors (Lipinski definition) is 2. The van der Waals surface area contributed by atoms with Crippen LogP contribution < -0.4 is 10.9 Å². The molecule has 0 radical (unpaired) electrons. The van der Waals surface area contributed by atoms with Crippen molar-refractivity contribution in [1.29, 1.82) is 0 Å². The topological polar surface area (TPSA) is 51.1 Å². The van der Waals surface area contributed by atoms with E-state index in [-0.39, 0.29) is 0 Å². The first-order chi connectivity index (χ1) is 10.7. The Bertz CT molecular complexity index is 800. The number of aromatic nitrogens is 1. The number of pyridine rings is 1. The summed E-state index contributed by atoms with van der Waals surface area (Å²) in [6, 6.07) is 6.73. The molecule has 1 N–H and O–H groups in total. The van der Waals surface area contributed by atoms with Crippen molar-refractivity contribution in [2.75, 3.05) is 5.32 Å². The Kier molecular flexibility index (Phi) is 5.12. The molecule has 1 heterocycles. The molecule has 0 aliphatic rings. The lowest BCUT2D eigenvalue weighted by molar-refractivity contribution is -0.138. The SMILES string of the molecule is Cc1ccc(NC(=O)Cn2cc(C(F)(F)F)ccc2=O)cc1I. The van der Waals surface area contributed by atoms with Gasteiger partial charge >= 0.3 is 6.18 Å². The smallest absolute Gasteiger partial charge is 0.325 e. The number of hydrogen-bond donors (Lipinski definition) is 1. The zero-order valence-electron chi connectivity index (χ0n) is 11.9. The fourth-order valence-corrected chi connectivity index (χ4v) is 2.36. The van der Waals surface area contributed by atoms with Gasteiger partial charge in [-0.05, 0) is 53.3 Å². The highest BCUT2D eigenvalue weighted by Gasteiger charge is 2.31. The van der Waals surface area contributed by atoms with Crippen LogP contribution in [0.1, 0.15) is 11.1 Å². The molecular weight excluding hydrogens is 424 g/mol. The minimum absolute atomic E-state index is 0.493. The number of carbonyl (C=O) groups excluding carboxylic acids is 1. The molecule has 2 aromatic rings. The van der Waals surface area contributed by atoms with Gasteiger partial charge in [-0.1, -0.05) is 6.07 Å². The van der Waals surface area contributed by atoms with Gasteiger partial charge in [0, 0.05) is 21.5 Å². The number of nitrogens with zero attached hydrogens (tertiary/aromatic N) is 1. The van der Waals surface area contributed by atoms with Gasteiger partial charge in [-0.2, -0.15) is 13.2 Å². The van der Waals surface area contributed by atoms with Gasteiger partial charge in [0.2, 0.25) is 5.91 Å². The first-order valence-electron chi connectivity index (χ1n) is 6.50. The van der Waals surface area contributed by atoms with E-state index in [1.807, 2.05) is 13.0 Å². The minimum atomic E-state index is -4.57. The van der Waals surface area contributed by atoms with Gasteiger partial charge in [0.15, 0.2) is 0 Å². The molecule has 1 aromatic carbocycles. The number of aryl methyl sites for hydroxylation is 1. The maximum Gasteiger partial charge on any atom is 0.417 e. The van der Waals surface area contributed by atoms with Gasteiger partial charge in [-0.15, -0.1) is 0 Å². The minimum Gasteiger partial charge on any atom is -0.325 e. The van der Waals surface area contributed by atoms with Crippen LogP contribution in [0.3, 0.4) is 0 Å². The lowest BCUT2D eigenvalue weighted by Crippen LogP contribution is -2.28. The predicted octanol–water partition coefficient (Wildman–Crippen LogP) is 3.42. The van der Waals surface area contributed by atoms with Crippen LogP contribution in [0.25, 0.3) is 0 Å². The Labute approximate surface area is 143 Å². The maximum absolute atomic E-state index is 12.6. The fourth-order valence-electron chi connectivity index (χ4n) is 1.85.